The number of hydrogen-bond donors (Lipinski definition) is 1. The van der Waals surface area contributed by atoms with E-state index in [1.807, 2.05) is 0 Å². The smallest absolute Gasteiger partial charge is 0.310 e. The molecule has 3 nitrogen and oxygen atoms in total. The molecule has 0 fully saturated rings. The lowest BCUT2D eigenvalue weighted by Crippen LogP contribution is -2.33. The van der Waals surface area contributed by atoms with Crippen LogP contribution in [0.2, 0.25) is 0 Å². The standard InChI is InChI=1S/C8H14O3/c1-6(2)8(3,4-5-9)7(10)11/h5-6H,4H2,1-3H3,(H,10,11)/t8-/m1/s1. The Morgan fingerprint density at radius 2 is 2.09 bits per heavy atom. The average molecular weight is 158 g/mol. The molecule has 0 unspecified atom stereocenters. The van der Waals surface area contributed by atoms with Crippen LogP contribution in [0.3, 0.4) is 0 Å². The summed E-state index contributed by atoms with van der Waals surface area (Å²) in [5, 5.41) is 8.78. The molecule has 1 atom stereocenters. The second-order valence-corrected chi connectivity index (χ2v) is 3.25. The normalized spacial score (nSPS) is 16.0. The molecule has 0 saturated carbocycles. The Kier molecular flexibility index (Phi) is 3.23. The van der Waals surface area contributed by atoms with Gasteiger partial charge in [-0.25, -0.2) is 0 Å². The van der Waals surface area contributed by atoms with Crippen LogP contribution in [0.4, 0.5) is 0 Å². The van der Waals surface area contributed by atoms with Gasteiger partial charge in [-0.05, 0) is 12.8 Å². The molecule has 0 heterocycles. The van der Waals surface area contributed by atoms with Crippen LogP contribution in [0, 0.1) is 11.3 Å². The van der Waals surface area contributed by atoms with E-state index in [1.165, 1.54) is 0 Å². The van der Waals surface area contributed by atoms with Gasteiger partial charge >= 0.3 is 5.97 Å². The lowest BCUT2D eigenvalue weighted by atomic mass is 9.77. The number of rotatable bonds is 4. The highest BCUT2D eigenvalue weighted by Gasteiger charge is 2.35. The van der Waals surface area contributed by atoms with Gasteiger partial charge in [0.2, 0.25) is 0 Å². The first-order valence-electron chi connectivity index (χ1n) is 3.62. The largest absolute Gasteiger partial charge is 0.481 e. The molecule has 0 rings (SSSR count). The van der Waals surface area contributed by atoms with Crippen LogP contribution in [0.25, 0.3) is 0 Å². The molecule has 0 aliphatic carbocycles. The Hall–Kier alpha value is -0.860. The summed E-state index contributed by atoms with van der Waals surface area (Å²) >= 11 is 0. The van der Waals surface area contributed by atoms with Crippen LogP contribution in [-0.4, -0.2) is 17.4 Å². The van der Waals surface area contributed by atoms with Crippen molar-refractivity contribution < 1.29 is 14.7 Å². The van der Waals surface area contributed by atoms with E-state index in [0.717, 1.165) is 0 Å². The number of carboxylic acid groups (broad SMARTS) is 1. The fraction of sp³-hybridized carbons (Fsp3) is 0.750. The summed E-state index contributed by atoms with van der Waals surface area (Å²) in [6, 6.07) is 0. The number of carbonyl (C=O) groups is 2. The number of hydrogen-bond acceptors (Lipinski definition) is 2. The third-order valence-electron chi connectivity index (χ3n) is 2.27. The molecule has 0 bridgehead atoms. The second-order valence-electron chi connectivity index (χ2n) is 3.25. The Morgan fingerprint density at radius 1 is 1.64 bits per heavy atom. The zero-order chi connectivity index (χ0) is 9.07. The van der Waals surface area contributed by atoms with E-state index in [9.17, 15) is 9.59 Å². The summed E-state index contributed by atoms with van der Waals surface area (Å²) in [6.07, 6.45) is 0.744. The summed E-state index contributed by atoms with van der Waals surface area (Å²) in [5.41, 5.74) is -0.901. The zero-order valence-electron chi connectivity index (χ0n) is 7.13. The zero-order valence-corrected chi connectivity index (χ0v) is 7.13. The molecule has 1 N–H and O–H groups in total. The lowest BCUT2D eigenvalue weighted by Gasteiger charge is -2.26. The Morgan fingerprint density at radius 3 is 2.18 bits per heavy atom. The topological polar surface area (TPSA) is 54.4 Å². The van der Waals surface area contributed by atoms with Crippen molar-refractivity contribution in [2.24, 2.45) is 11.3 Å². The molecule has 0 amide bonds. The fourth-order valence-electron chi connectivity index (χ4n) is 0.743. The van der Waals surface area contributed by atoms with Gasteiger partial charge in [-0.2, -0.15) is 0 Å². The van der Waals surface area contributed by atoms with Crippen molar-refractivity contribution in [1.29, 1.82) is 0 Å². The van der Waals surface area contributed by atoms with Gasteiger partial charge in [-0.1, -0.05) is 13.8 Å². The van der Waals surface area contributed by atoms with Crippen LogP contribution in [0.5, 0.6) is 0 Å². The van der Waals surface area contributed by atoms with Gasteiger partial charge in [-0.15, -0.1) is 0 Å². The van der Waals surface area contributed by atoms with Gasteiger partial charge in [0, 0.05) is 6.42 Å². The van der Waals surface area contributed by atoms with Crippen molar-refractivity contribution in [2.75, 3.05) is 0 Å². The van der Waals surface area contributed by atoms with Crippen molar-refractivity contribution in [1.82, 2.24) is 0 Å². The average Bonchev–Trinajstić information content (AvgIpc) is 1.87. The predicted octanol–water partition coefficient (Wildman–Crippen LogP) is 1.32. The first kappa shape index (κ1) is 10.1. The molecule has 0 aliphatic rings. The molecule has 0 saturated heterocycles. The molecular formula is C8H14O3. The summed E-state index contributed by atoms with van der Waals surface area (Å²) in [5.74, 6) is -0.926. The van der Waals surface area contributed by atoms with Gasteiger partial charge in [0.05, 0.1) is 5.41 Å². The SMILES string of the molecule is CC(C)[C@@](C)(CC=O)C(=O)O. The van der Waals surface area contributed by atoms with Crippen molar-refractivity contribution in [3.8, 4) is 0 Å². The highest BCUT2D eigenvalue weighted by molar-refractivity contribution is 5.77. The summed E-state index contributed by atoms with van der Waals surface area (Å²) < 4.78 is 0. The molecule has 0 aromatic carbocycles. The highest BCUT2D eigenvalue weighted by Crippen LogP contribution is 2.29. The first-order valence-corrected chi connectivity index (χ1v) is 3.62. The van der Waals surface area contributed by atoms with Gasteiger partial charge in [-0.3, -0.25) is 4.79 Å². The monoisotopic (exact) mass is 158 g/mol. The Balaban J connectivity index is 4.51. The van der Waals surface area contributed by atoms with E-state index in [-0.39, 0.29) is 12.3 Å². The molecule has 0 radical (unpaired) electrons. The number of aldehydes is 1. The summed E-state index contributed by atoms with van der Waals surface area (Å²) in [7, 11) is 0. The Bertz CT molecular complexity index is 163. The van der Waals surface area contributed by atoms with Gasteiger partial charge < -0.3 is 9.90 Å². The molecule has 0 aromatic rings. The van der Waals surface area contributed by atoms with E-state index in [4.69, 9.17) is 5.11 Å². The van der Waals surface area contributed by atoms with Crippen LogP contribution in [0.15, 0.2) is 0 Å². The van der Waals surface area contributed by atoms with E-state index >= 15 is 0 Å². The molecular weight excluding hydrogens is 144 g/mol. The third kappa shape index (κ3) is 2.03. The second kappa shape index (κ2) is 3.51. The maximum Gasteiger partial charge on any atom is 0.310 e. The lowest BCUT2D eigenvalue weighted by molar-refractivity contribution is -0.152. The van der Waals surface area contributed by atoms with Gasteiger partial charge in [0.1, 0.15) is 6.29 Å². The molecule has 11 heavy (non-hydrogen) atoms. The predicted molar refractivity (Wildman–Crippen MR) is 41.3 cm³/mol. The molecule has 3 heteroatoms. The van der Waals surface area contributed by atoms with E-state index < -0.39 is 11.4 Å². The number of carbonyl (C=O) groups excluding carboxylic acids is 1. The summed E-state index contributed by atoms with van der Waals surface area (Å²) in [4.78, 5) is 20.9. The minimum atomic E-state index is -0.903. The number of carboxylic acids is 1. The van der Waals surface area contributed by atoms with Crippen molar-refractivity contribution in [2.45, 2.75) is 27.2 Å². The van der Waals surface area contributed by atoms with Crippen molar-refractivity contribution >= 4 is 12.3 Å². The molecule has 0 aromatic heterocycles. The quantitative estimate of drug-likeness (QED) is 0.628. The third-order valence-corrected chi connectivity index (χ3v) is 2.27. The minimum absolute atomic E-state index is 0.0230. The fourth-order valence-corrected chi connectivity index (χ4v) is 0.743. The van der Waals surface area contributed by atoms with Gasteiger partial charge in [0.25, 0.3) is 0 Å². The molecule has 64 valence electrons. The van der Waals surface area contributed by atoms with E-state index in [0.29, 0.717) is 6.29 Å². The maximum absolute atomic E-state index is 10.7. The molecule has 0 spiro atoms. The van der Waals surface area contributed by atoms with Crippen LogP contribution in [-0.2, 0) is 9.59 Å². The number of aliphatic carboxylic acids is 1. The van der Waals surface area contributed by atoms with Crippen LogP contribution < -0.4 is 0 Å². The minimum Gasteiger partial charge on any atom is -0.481 e. The first-order chi connectivity index (χ1) is 4.95. The van der Waals surface area contributed by atoms with Crippen LogP contribution in [0.1, 0.15) is 27.2 Å². The molecule has 0 aliphatic heterocycles. The summed E-state index contributed by atoms with van der Waals surface area (Å²) in [6.45, 7) is 5.20. The Labute approximate surface area is 66.4 Å². The van der Waals surface area contributed by atoms with Crippen molar-refractivity contribution in [3.63, 3.8) is 0 Å². The van der Waals surface area contributed by atoms with E-state index in [2.05, 4.69) is 0 Å². The van der Waals surface area contributed by atoms with Crippen molar-refractivity contribution in [3.05, 3.63) is 0 Å². The highest BCUT2D eigenvalue weighted by atomic mass is 16.4. The van der Waals surface area contributed by atoms with Crippen LogP contribution >= 0.6 is 0 Å². The van der Waals surface area contributed by atoms with Gasteiger partial charge in [0.15, 0.2) is 0 Å². The van der Waals surface area contributed by atoms with E-state index in [1.54, 1.807) is 20.8 Å². The maximum atomic E-state index is 10.7.